The lowest BCUT2D eigenvalue weighted by Crippen LogP contribution is -2.34. The zero-order valence-electron chi connectivity index (χ0n) is 16.1. The van der Waals surface area contributed by atoms with Crippen LogP contribution in [0.15, 0.2) is 28.8 Å². The maximum atomic E-state index is 12.4. The van der Waals surface area contributed by atoms with E-state index in [1.807, 2.05) is 52.0 Å². The van der Waals surface area contributed by atoms with E-state index in [1.165, 1.54) is 0 Å². The van der Waals surface area contributed by atoms with Gasteiger partial charge in [-0.2, -0.15) is 4.98 Å². The van der Waals surface area contributed by atoms with Crippen molar-refractivity contribution in [3.05, 3.63) is 35.7 Å². The SMILES string of the molecule is CC[C@H](C)[C@@H](NC(=O)CC(C)(C)C)c1nc(-c2cccc(C)c2)no1. The summed E-state index contributed by atoms with van der Waals surface area (Å²) in [7, 11) is 0. The number of aryl methyl sites for hydroxylation is 1. The number of nitrogens with one attached hydrogen (secondary N) is 1. The number of hydrogen-bond donors (Lipinski definition) is 1. The van der Waals surface area contributed by atoms with E-state index >= 15 is 0 Å². The number of amides is 1. The van der Waals surface area contributed by atoms with Crippen LogP contribution in [0.2, 0.25) is 0 Å². The van der Waals surface area contributed by atoms with Crippen LogP contribution in [0.3, 0.4) is 0 Å². The second-order valence-electron chi connectivity index (χ2n) is 7.99. The van der Waals surface area contributed by atoms with Crippen molar-refractivity contribution in [3.63, 3.8) is 0 Å². The van der Waals surface area contributed by atoms with Gasteiger partial charge in [-0.1, -0.05) is 70.0 Å². The predicted molar refractivity (Wildman–Crippen MR) is 98.9 cm³/mol. The van der Waals surface area contributed by atoms with Crippen LogP contribution in [0.4, 0.5) is 0 Å². The smallest absolute Gasteiger partial charge is 0.249 e. The van der Waals surface area contributed by atoms with E-state index in [0.717, 1.165) is 17.5 Å². The van der Waals surface area contributed by atoms with E-state index < -0.39 is 0 Å². The molecule has 0 spiro atoms. The molecule has 1 amide bonds. The van der Waals surface area contributed by atoms with Crippen LogP contribution >= 0.6 is 0 Å². The van der Waals surface area contributed by atoms with Crippen LogP contribution in [0.5, 0.6) is 0 Å². The maximum absolute atomic E-state index is 12.4. The standard InChI is InChI=1S/C20H29N3O2/c1-7-14(3)17(21-16(24)12-20(4,5)6)19-22-18(23-25-19)15-10-8-9-13(2)11-15/h8-11,14,17H,7,12H2,1-6H3,(H,21,24)/t14-,17+/m0/s1. The number of hydrogen-bond acceptors (Lipinski definition) is 4. The highest BCUT2D eigenvalue weighted by molar-refractivity contribution is 5.77. The third-order valence-corrected chi connectivity index (χ3v) is 4.20. The van der Waals surface area contributed by atoms with E-state index in [1.54, 1.807) is 0 Å². The number of benzene rings is 1. The molecule has 136 valence electrons. The van der Waals surface area contributed by atoms with Gasteiger partial charge in [-0.05, 0) is 24.3 Å². The molecule has 0 saturated carbocycles. The van der Waals surface area contributed by atoms with Gasteiger partial charge >= 0.3 is 0 Å². The van der Waals surface area contributed by atoms with Crippen molar-refractivity contribution < 1.29 is 9.32 Å². The van der Waals surface area contributed by atoms with E-state index in [-0.39, 0.29) is 23.3 Å². The molecule has 0 fully saturated rings. The summed E-state index contributed by atoms with van der Waals surface area (Å²) >= 11 is 0. The van der Waals surface area contributed by atoms with Crippen LogP contribution < -0.4 is 5.32 Å². The molecule has 1 heterocycles. The topological polar surface area (TPSA) is 68.0 Å². The monoisotopic (exact) mass is 343 g/mol. The lowest BCUT2D eigenvalue weighted by atomic mass is 9.91. The number of rotatable bonds is 6. The summed E-state index contributed by atoms with van der Waals surface area (Å²) < 4.78 is 5.50. The zero-order valence-corrected chi connectivity index (χ0v) is 16.1. The molecule has 0 aliphatic carbocycles. The molecular weight excluding hydrogens is 314 g/mol. The number of nitrogens with zero attached hydrogens (tertiary/aromatic N) is 2. The van der Waals surface area contributed by atoms with Crippen molar-refractivity contribution in [2.24, 2.45) is 11.3 Å². The Bertz CT molecular complexity index is 716. The molecule has 0 radical (unpaired) electrons. The van der Waals surface area contributed by atoms with Crippen molar-refractivity contribution >= 4 is 5.91 Å². The minimum atomic E-state index is -0.272. The quantitative estimate of drug-likeness (QED) is 0.826. The first-order chi connectivity index (χ1) is 11.7. The van der Waals surface area contributed by atoms with E-state index in [4.69, 9.17) is 4.52 Å². The highest BCUT2D eigenvalue weighted by Crippen LogP contribution is 2.27. The van der Waals surface area contributed by atoms with Crippen LogP contribution in [-0.2, 0) is 4.79 Å². The van der Waals surface area contributed by atoms with Crippen LogP contribution in [0.25, 0.3) is 11.4 Å². The van der Waals surface area contributed by atoms with Crippen LogP contribution in [-0.4, -0.2) is 16.0 Å². The molecule has 0 aliphatic heterocycles. The Labute approximate surface area is 150 Å². The zero-order chi connectivity index (χ0) is 18.6. The Hall–Kier alpha value is -2.17. The van der Waals surface area contributed by atoms with Crippen LogP contribution in [0, 0.1) is 18.3 Å². The predicted octanol–water partition coefficient (Wildman–Crippen LogP) is 4.68. The number of carbonyl (C=O) groups is 1. The third-order valence-electron chi connectivity index (χ3n) is 4.20. The molecule has 2 rings (SSSR count). The average molecular weight is 343 g/mol. The van der Waals surface area contributed by atoms with Crippen molar-refractivity contribution in [2.45, 2.75) is 60.4 Å². The van der Waals surface area contributed by atoms with Crippen molar-refractivity contribution in [1.29, 1.82) is 0 Å². The van der Waals surface area contributed by atoms with Gasteiger partial charge in [0.15, 0.2) is 0 Å². The van der Waals surface area contributed by atoms with Crippen molar-refractivity contribution in [3.8, 4) is 11.4 Å². The van der Waals surface area contributed by atoms with Crippen molar-refractivity contribution in [1.82, 2.24) is 15.5 Å². The second kappa shape index (κ2) is 7.81. The van der Waals surface area contributed by atoms with Gasteiger partial charge in [-0.15, -0.1) is 0 Å². The Balaban J connectivity index is 2.23. The molecule has 0 unspecified atom stereocenters. The van der Waals surface area contributed by atoms with Gasteiger partial charge in [0.05, 0.1) is 0 Å². The largest absolute Gasteiger partial charge is 0.344 e. The first kappa shape index (κ1) is 19.2. The van der Waals surface area contributed by atoms with Gasteiger partial charge in [-0.25, -0.2) is 0 Å². The summed E-state index contributed by atoms with van der Waals surface area (Å²) in [6.07, 6.45) is 1.36. The summed E-state index contributed by atoms with van der Waals surface area (Å²) in [4.78, 5) is 16.9. The molecule has 25 heavy (non-hydrogen) atoms. The first-order valence-electron chi connectivity index (χ1n) is 8.89. The van der Waals surface area contributed by atoms with E-state index in [9.17, 15) is 4.79 Å². The maximum Gasteiger partial charge on any atom is 0.249 e. The minimum Gasteiger partial charge on any atom is -0.344 e. The van der Waals surface area contributed by atoms with Gasteiger partial charge in [0.25, 0.3) is 0 Å². The van der Waals surface area contributed by atoms with Gasteiger partial charge < -0.3 is 9.84 Å². The van der Waals surface area contributed by atoms with Gasteiger partial charge in [-0.3, -0.25) is 4.79 Å². The summed E-state index contributed by atoms with van der Waals surface area (Å²) in [6.45, 7) is 12.3. The lowest BCUT2D eigenvalue weighted by Gasteiger charge is -2.23. The van der Waals surface area contributed by atoms with E-state index in [2.05, 4.69) is 29.3 Å². The van der Waals surface area contributed by atoms with Gasteiger partial charge in [0, 0.05) is 12.0 Å². The summed E-state index contributed by atoms with van der Waals surface area (Å²) in [5.41, 5.74) is 1.99. The highest BCUT2D eigenvalue weighted by atomic mass is 16.5. The molecule has 1 N–H and O–H groups in total. The molecule has 5 heteroatoms. The second-order valence-corrected chi connectivity index (χ2v) is 7.99. The third kappa shape index (κ3) is 5.41. The number of carbonyl (C=O) groups excluding carboxylic acids is 1. The van der Waals surface area contributed by atoms with Gasteiger partial charge in [0.1, 0.15) is 6.04 Å². The van der Waals surface area contributed by atoms with E-state index in [0.29, 0.717) is 18.1 Å². The molecule has 0 saturated heterocycles. The minimum absolute atomic E-state index is 0.00751. The molecule has 5 nitrogen and oxygen atoms in total. The average Bonchev–Trinajstić information content (AvgIpc) is 3.00. The summed E-state index contributed by atoms with van der Waals surface area (Å²) in [5, 5.41) is 7.19. The Morgan fingerprint density at radius 3 is 2.64 bits per heavy atom. The molecule has 1 aromatic carbocycles. The molecular formula is C20H29N3O2. The first-order valence-corrected chi connectivity index (χ1v) is 8.89. The molecule has 0 bridgehead atoms. The number of aromatic nitrogens is 2. The fourth-order valence-corrected chi connectivity index (χ4v) is 2.65. The molecule has 2 aromatic rings. The Morgan fingerprint density at radius 2 is 2.04 bits per heavy atom. The van der Waals surface area contributed by atoms with Gasteiger partial charge in [0.2, 0.25) is 17.6 Å². The fraction of sp³-hybridized carbons (Fsp3) is 0.550. The Morgan fingerprint density at radius 1 is 1.32 bits per heavy atom. The normalized spacial score (nSPS) is 14.2. The molecule has 0 aliphatic rings. The van der Waals surface area contributed by atoms with Crippen molar-refractivity contribution in [2.75, 3.05) is 0 Å². The van der Waals surface area contributed by atoms with Crippen LogP contribution in [0.1, 0.15) is 65.0 Å². The lowest BCUT2D eigenvalue weighted by molar-refractivity contribution is -0.124. The highest BCUT2D eigenvalue weighted by Gasteiger charge is 2.28. The summed E-state index contributed by atoms with van der Waals surface area (Å²) in [5.74, 6) is 1.23. The Kier molecular flexibility index (Phi) is 5.98. The summed E-state index contributed by atoms with van der Waals surface area (Å²) in [6, 6.07) is 7.70. The molecule has 2 atom stereocenters. The fourth-order valence-electron chi connectivity index (χ4n) is 2.65. The molecule has 1 aromatic heterocycles.